The number of ketones is 1. The van der Waals surface area contributed by atoms with Gasteiger partial charge in [-0.2, -0.15) is 0 Å². The van der Waals surface area contributed by atoms with Crippen molar-refractivity contribution in [2.45, 2.75) is 46.6 Å². The zero-order valence-corrected chi connectivity index (χ0v) is 10.7. The van der Waals surface area contributed by atoms with Crippen LogP contribution in [0.3, 0.4) is 0 Å². The third kappa shape index (κ3) is 5.90. The van der Waals surface area contributed by atoms with Crippen molar-refractivity contribution in [3.05, 3.63) is 0 Å². The predicted molar refractivity (Wildman–Crippen MR) is 62.7 cm³/mol. The molecule has 0 aliphatic heterocycles. The first-order valence-electron chi connectivity index (χ1n) is 5.56. The Kier molecular flexibility index (Phi) is 6.06. The Morgan fingerprint density at radius 3 is 2.33 bits per heavy atom. The number of carbonyl (C=O) groups excluding carboxylic acids is 1. The Hall–Kier alpha value is -0.410. The minimum atomic E-state index is -0.0602. The summed E-state index contributed by atoms with van der Waals surface area (Å²) in [6, 6.07) is -0.0602. The van der Waals surface area contributed by atoms with Gasteiger partial charge in [0.05, 0.1) is 0 Å². The number of nitrogens with two attached hydrogens (primary N) is 1. The fourth-order valence-corrected chi connectivity index (χ4v) is 1.18. The summed E-state index contributed by atoms with van der Waals surface area (Å²) in [5.74, 6) is 0.299. The van der Waals surface area contributed by atoms with Crippen LogP contribution in [0.2, 0.25) is 0 Å². The van der Waals surface area contributed by atoms with Crippen LogP contribution in [0, 0.1) is 11.3 Å². The van der Waals surface area contributed by atoms with Gasteiger partial charge in [0.1, 0.15) is 5.78 Å². The summed E-state index contributed by atoms with van der Waals surface area (Å²) in [6.07, 6.45) is 1.25. The maximum absolute atomic E-state index is 11.8. The van der Waals surface area contributed by atoms with Crippen LogP contribution in [0.4, 0.5) is 0 Å². The van der Waals surface area contributed by atoms with Crippen LogP contribution in [0.5, 0.6) is 0 Å². The standard InChI is InChI=1S/C12H25NO2/c1-9(6-7-15-5)10(14)8-11(13)12(2,3)4/h9,11H,6-8,13H2,1-5H3. The molecule has 0 saturated carbocycles. The van der Waals surface area contributed by atoms with Crippen molar-refractivity contribution in [1.29, 1.82) is 0 Å². The molecule has 0 saturated heterocycles. The molecule has 0 aliphatic carbocycles. The minimum Gasteiger partial charge on any atom is -0.385 e. The number of hydrogen-bond donors (Lipinski definition) is 1. The molecular formula is C12H25NO2. The van der Waals surface area contributed by atoms with Gasteiger partial charge in [0, 0.05) is 32.1 Å². The van der Waals surface area contributed by atoms with Crippen molar-refractivity contribution in [2.24, 2.45) is 17.1 Å². The quantitative estimate of drug-likeness (QED) is 0.737. The molecule has 0 fully saturated rings. The molecule has 0 bridgehead atoms. The van der Waals surface area contributed by atoms with Gasteiger partial charge in [-0.25, -0.2) is 0 Å². The maximum atomic E-state index is 11.8. The topological polar surface area (TPSA) is 52.3 Å². The van der Waals surface area contributed by atoms with Crippen molar-refractivity contribution in [2.75, 3.05) is 13.7 Å². The van der Waals surface area contributed by atoms with E-state index in [1.807, 2.05) is 6.92 Å². The third-order valence-electron chi connectivity index (χ3n) is 2.84. The Balaban J connectivity index is 4.02. The van der Waals surface area contributed by atoms with Gasteiger partial charge in [-0.3, -0.25) is 4.79 Å². The fraction of sp³-hybridized carbons (Fsp3) is 0.917. The van der Waals surface area contributed by atoms with E-state index in [1.165, 1.54) is 0 Å². The van der Waals surface area contributed by atoms with E-state index in [9.17, 15) is 4.79 Å². The van der Waals surface area contributed by atoms with Crippen LogP contribution in [-0.4, -0.2) is 25.5 Å². The van der Waals surface area contributed by atoms with Crippen molar-refractivity contribution in [1.82, 2.24) is 0 Å². The van der Waals surface area contributed by atoms with Crippen LogP contribution in [0.15, 0.2) is 0 Å². The summed E-state index contributed by atoms with van der Waals surface area (Å²) in [4.78, 5) is 11.8. The van der Waals surface area contributed by atoms with E-state index >= 15 is 0 Å². The first kappa shape index (κ1) is 14.6. The molecule has 0 aromatic heterocycles. The van der Waals surface area contributed by atoms with Gasteiger partial charge in [-0.15, -0.1) is 0 Å². The van der Waals surface area contributed by atoms with Gasteiger partial charge in [0.2, 0.25) is 0 Å². The first-order chi connectivity index (χ1) is 6.79. The van der Waals surface area contributed by atoms with E-state index < -0.39 is 0 Å². The Labute approximate surface area is 93.4 Å². The van der Waals surface area contributed by atoms with Crippen LogP contribution < -0.4 is 5.73 Å². The SMILES string of the molecule is COCCC(C)C(=O)CC(N)C(C)(C)C. The maximum Gasteiger partial charge on any atom is 0.137 e. The molecule has 0 amide bonds. The molecule has 2 atom stereocenters. The monoisotopic (exact) mass is 215 g/mol. The highest BCUT2D eigenvalue weighted by Crippen LogP contribution is 2.21. The molecule has 0 aromatic rings. The number of ether oxygens (including phenoxy) is 1. The van der Waals surface area contributed by atoms with Crippen molar-refractivity contribution < 1.29 is 9.53 Å². The molecule has 0 aliphatic rings. The lowest BCUT2D eigenvalue weighted by Crippen LogP contribution is -2.38. The van der Waals surface area contributed by atoms with E-state index in [2.05, 4.69) is 20.8 Å². The summed E-state index contributed by atoms with van der Waals surface area (Å²) in [6.45, 7) is 8.76. The Bertz CT molecular complexity index is 196. The number of hydrogen-bond acceptors (Lipinski definition) is 3. The third-order valence-corrected chi connectivity index (χ3v) is 2.84. The molecule has 3 heteroatoms. The van der Waals surface area contributed by atoms with Gasteiger partial charge in [0.15, 0.2) is 0 Å². The summed E-state index contributed by atoms with van der Waals surface area (Å²) < 4.78 is 4.95. The highest BCUT2D eigenvalue weighted by atomic mass is 16.5. The minimum absolute atomic E-state index is 0.00334. The second-order valence-electron chi connectivity index (χ2n) is 5.33. The van der Waals surface area contributed by atoms with Gasteiger partial charge in [-0.1, -0.05) is 27.7 Å². The lowest BCUT2D eigenvalue weighted by Gasteiger charge is -2.27. The van der Waals surface area contributed by atoms with E-state index in [4.69, 9.17) is 10.5 Å². The molecular weight excluding hydrogens is 190 g/mol. The zero-order valence-electron chi connectivity index (χ0n) is 10.7. The van der Waals surface area contributed by atoms with Crippen molar-refractivity contribution in [3.63, 3.8) is 0 Å². The van der Waals surface area contributed by atoms with Crippen molar-refractivity contribution >= 4 is 5.78 Å². The average molecular weight is 215 g/mol. The molecule has 0 radical (unpaired) electrons. The molecule has 15 heavy (non-hydrogen) atoms. The molecule has 0 heterocycles. The highest BCUT2D eigenvalue weighted by molar-refractivity contribution is 5.81. The number of carbonyl (C=O) groups is 1. The average Bonchev–Trinajstić information content (AvgIpc) is 2.12. The van der Waals surface area contributed by atoms with Crippen LogP contribution >= 0.6 is 0 Å². The summed E-state index contributed by atoms with van der Waals surface area (Å²) in [5, 5.41) is 0. The molecule has 3 nitrogen and oxygen atoms in total. The van der Waals surface area contributed by atoms with Gasteiger partial charge in [0.25, 0.3) is 0 Å². The van der Waals surface area contributed by atoms with E-state index in [-0.39, 0.29) is 23.2 Å². The number of methoxy groups -OCH3 is 1. The summed E-state index contributed by atoms with van der Waals surface area (Å²) in [7, 11) is 1.65. The molecule has 0 rings (SSSR count). The van der Waals surface area contributed by atoms with E-state index in [1.54, 1.807) is 7.11 Å². The lowest BCUT2D eigenvalue weighted by molar-refractivity contribution is -0.123. The number of rotatable bonds is 6. The van der Waals surface area contributed by atoms with Gasteiger partial charge < -0.3 is 10.5 Å². The molecule has 90 valence electrons. The largest absolute Gasteiger partial charge is 0.385 e. The second-order valence-corrected chi connectivity index (χ2v) is 5.33. The predicted octanol–water partition coefficient (Wildman–Crippen LogP) is 1.99. The smallest absolute Gasteiger partial charge is 0.137 e. The molecule has 2 N–H and O–H groups in total. The summed E-state index contributed by atoms with van der Waals surface area (Å²) in [5.41, 5.74) is 5.96. The zero-order chi connectivity index (χ0) is 12.1. The number of Topliss-reactive ketones (excluding diaryl/α,β-unsaturated/α-hetero) is 1. The lowest BCUT2D eigenvalue weighted by atomic mass is 9.82. The van der Waals surface area contributed by atoms with Crippen molar-refractivity contribution in [3.8, 4) is 0 Å². The van der Waals surface area contributed by atoms with Crippen LogP contribution in [0.1, 0.15) is 40.5 Å². The Morgan fingerprint density at radius 2 is 1.93 bits per heavy atom. The van der Waals surface area contributed by atoms with Gasteiger partial charge in [-0.05, 0) is 11.8 Å². The molecule has 2 unspecified atom stereocenters. The first-order valence-corrected chi connectivity index (χ1v) is 5.56. The van der Waals surface area contributed by atoms with Gasteiger partial charge >= 0.3 is 0 Å². The van der Waals surface area contributed by atoms with E-state index in [0.29, 0.717) is 13.0 Å². The fourth-order valence-electron chi connectivity index (χ4n) is 1.18. The molecule has 0 aromatic carbocycles. The van der Waals surface area contributed by atoms with E-state index in [0.717, 1.165) is 6.42 Å². The highest BCUT2D eigenvalue weighted by Gasteiger charge is 2.25. The van der Waals surface area contributed by atoms with Crippen LogP contribution in [-0.2, 0) is 9.53 Å². The Morgan fingerprint density at radius 1 is 1.40 bits per heavy atom. The normalized spacial score (nSPS) is 16.1. The molecule has 0 spiro atoms. The summed E-state index contributed by atoms with van der Waals surface area (Å²) >= 11 is 0. The second kappa shape index (κ2) is 6.23. The van der Waals surface area contributed by atoms with Crippen LogP contribution in [0.25, 0.3) is 0 Å².